The molecule has 0 fully saturated rings. The summed E-state index contributed by atoms with van der Waals surface area (Å²) in [5.74, 6) is -0.395. The van der Waals surface area contributed by atoms with Crippen molar-refractivity contribution in [3.05, 3.63) is 52.6 Å². The summed E-state index contributed by atoms with van der Waals surface area (Å²) in [5.41, 5.74) is 0.857. The molecule has 0 unspecified atom stereocenters. The summed E-state index contributed by atoms with van der Waals surface area (Å²) in [6.07, 6.45) is 0.830. The number of aromatic amines is 1. The Morgan fingerprint density at radius 3 is 2.76 bits per heavy atom. The predicted octanol–water partition coefficient (Wildman–Crippen LogP) is 2.95. The Bertz CT molecular complexity index is 934. The topological polar surface area (TPSA) is 86.3 Å². The van der Waals surface area contributed by atoms with Crippen LogP contribution in [0.5, 0.6) is 0 Å². The van der Waals surface area contributed by atoms with Gasteiger partial charge in [0.2, 0.25) is 0 Å². The Hall–Kier alpha value is -2.51. The number of hydrogen-bond acceptors (Lipinski definition) is 5. The fourth-order valence-corrected chi connectivity index (χ4v) is 3.79. The van der Waals surface area contributed by atoms with E-state index in [-0.39, 0.29) is 12.1 Å². The minimum absolute atomic E-state index is 0.0741. The Morgan fingerprint density at radius 2 is 2.08 bits per heavy atom. The maximum atomic E-state index is 12.4. The standard InChI is InChI=1S/C18H19N3O3S/c1-2-8-21(11-16(22)23)10-15-19-17(24)13-9-14(25-18(13)20-15)12-6-4-3-5-7-12/h3-7,9H,2,8,10-11H2,1H3,(H,22,23)(H,19,20,24). The lowest BCUT2D eigenvalue weighted by Gasteiger charge is -2.18. The number of benzene rings is 1. The normalized spacial score (nSPS) is 11.3. The minimum Gasteiger partial charge on any atom is -0.480 e. The third kappa shape index (κ3) is 4.12. The molecule has 0 saturated heterocycles. The Balaban J connectivity index is 1.93. The van der Waals surface area contributed by atoms with Crippen LogP contribution >= 0.6 is 11.3 Å². The third-order valence-electron chi connectivity index (χ3n) is 3.78. The summed E-state index contributed by atoms with van der Waals surface area (Å²) < 4.78 is 0. The van der Waals surface area contributed by atoms with Crippen LogP contribution in [0, 0.1) is 0 Å². The van der Waals surface area contributed by atoms with Crippen molar-refractivity contribution in [2.45, 2.75) is 19.9 Å². The second-order valence-electron chi connectivity index (χ2n) is 5.81. The van der Waals surface area contributed by atoms with Crippen molar-refractivity contribution in [3.8, 4) is 10.4 Å². The van der Waals surface area contributed by atoms with E-state index >= 15 is 0 Å². The molecule has 0 aliphatic carbocycles. The number of carboxylic acid groups (broad SMARTS) is 1. The number of fused-ring (bicyclic) bond motifs is 1. The first-order valence-corrected chi connectivity index (χ1v) is 8.90. The number of carbonyl (C=O) groups is 1. The van der Waals surface area contributed by atoms with Gasteiger partial charge < -0.3 is 10.1 Å². The molecule has 7 heteroatoms. The molecule has 25 heavy (non-hydrogen) atoms. The number of aliphatic carboxylic acids is 1. The van der Waals surface area contributed by atoms with E-state index in [4.69, 9.17) is 5.11 Å². The number of nitrogens with one attached hydrogen (secondary N) is 1. The fraction of sp³-hybridized carbons (Fsp3) is 0.278. The largest absolute Gasteiger partial charge is 0.480 e. The van der Waals surface area contributed by atoms with Crippen molar-refractivity contribution >= 4 is 27.5 Å². The Labute approximate surface area is 148 Å². The lowest BCUT2D eigenvalue weighted by Crippen LogP contribution is -2.31. The molecular weight excluding hydrogens is 338 g/mol. The molecule has 0 atom stereocenters. The van der Waals surface area contributed by atoms with Crippen LogP contribution in [0.1, 0.15) is 19.2 Å². The quantitative estimate of drug-likeness (QED) is 0.679. The van der Waals surface area contributed by atoms with Crippen LogP contribution in [0.15, 0.2) is 41.2 Å². The highest BCUT2D eigenvalue weighted by Crippen LogP contribution is 2.30. The Morgan fingerprint density at radius 1 is 1.32 bits per heavy atom. The molecule has 2 aromatic heterocycles. The highest BCUT2D eigenvalue weighted by atomic mass is 32.1. The molecule has 2 heterocycles. The number of thiophene rings is 1. The number of carboxylic acids is 1. The third-order valence-corrected chi connectivity index (χ3v) is 4.86. The van der Waals surface area contributed by atoms with Gasteiger partial charge in [0.1, 0.15) is 10.7 Å². The van der Waals surface area contributed by atoms with E-state index in [0.717, 1.165) is 16.9 Å². The molecule has 6 nitrogen and oxygen atoms in total. The summed E-state index contributed by atoms with van der Waals surface area (Å²) in [5, 5.41) is 9.58. The van der Waals surface area contributed by atoms with Crippen LogP contribution in [-0.4, -0.2) is 39.0 Å². The minimum atomic E-state index is -0.889. The number of rotatable bonds is 7. The summed E-state index contributed by atoms with van der Waals surface area (Å²) in [4.78, 5) is 34.1. The van der Waals surface area contributed by atoms with Gasteiger partial charge in [0.25, 0.3) is 5.56 Å². The molecule has 1 aromatic carbocycles. The molecule has 0 spiro atoms. The Kier molecular flexibility index (Phi) is 5.25. The van der Waals surface area contributed by atoms with Crippen LogP contribution < -0.4 is 5.56 Å². The van der Waals surface area contributed by atoms with Crippen molar-refractivity contribution < 1.29 is 9.90 Å². The van der Waals surface area contributed by atoms with Gasteiger partial charge in [0, 0.05) is 4.88 Å². The van der Waals surface area contributed by atoms with Gasteiger partial charge >= 0.3 is 5.97 Å². The van der Waals surface area contributed by atoms with Crippen LogP contribution in [0.25, 0.3) is 20.7 Å². The van der Waals surface area contributed by atoms with Gasteiger partial charge in [-0.3, -0.25) is 14.5 Å². The van der Waals surface area contributed by atoms with Gasteiger partial charge in [-0.05, 0) is 24.6 Å². The zero-order valence-corrected chi connectivity index (χ0v) is 14.7. The monoisotopic (exact) mass is 357 g/mol. The molecule has 0 bridgehead atoms. The van der Waals surface area contributed by atoms with Gasteiger partial charge in [-0.1, -0.05) is 37.3 Å². The average molecular weight is 357 g/mol. The lowest BCUT2D eigenvalue weighted by molar-refractivity contribution is -0.138. The van der Waals surface area contributed by atoms with Crippen molar-refractivity contribution in [3.63, 3.8) is 0 Å². The molecule has 3 rings (SSSR count). The van der Waals surface area contributed by atoms with Gasteiger partial charge in [0.15, 0.2) is 0 Å². The molecule has 130 valence electrons. The second kappa shape index (κ2) is 7.58. The van der Waals surface area contributed by atoms with E-state index in [1.165, 1.54) is 11.3 Å². The highest BCUT2D eigenvalue weighted by Gasteiger charge is 2.14. The van der Waals surface area contributed by atoms with E-state index in [9.17, 15) is 9.59 Å². The highest BCUT2D eigenvalue weighted by molar-refractivity contribution is 7.21. The maximum Gasteiger partial charge on any atom is 0.317 e. The zero-order valence-electron chi connectivity index (χ0n) is 13.9. The van der Waals surface area contributed by atoms with Crippen LogP contribution in [-0.2, 0) is 11.3 Å². The second-order valence-corrected chi connectivity index (χ2v) is 6.84. The molecular formula is C18H19N3O3S. The fourth-order valence-electron chi connectivity index (χ4n) is 2.73. The summed E-state index contributed by atoms with van der Waals surface area (Å²) in [6.45, 7) is 2.85. The molecule has 2 N–H and O–H groups in total. The molecule has 0 amide bonds. The van der Waals surface area contributed by atoms with Gasteiger partial charge in [-0.25, -0.2) is 4.98 Å². The number of hydrogen-bond donors (Lipinski definition) is 2. The van der Waals surface area contributed by atoms with Gasteiger partial charge in [-0.2, -0.15) is 0 Å². The molecule has 0 aliphatic rings. The van der Waals surface area contributed by atoms with E-state index in [1.54, 1.807) is 4.90 Å². The van der Waals surface area contributed by atoms with Crippen molar-refractivity contribution in [2.24, 2.45) is 0 Å². The molecule has 0 radical (unpaired) electrons. The first-order chi connectivity index (χ1) is 12.1. The average Bonchev–Trinajstić information content (AvgIpc) is 3.00. The van der Waals surface area contributed by atoms with Crippen LogP contribution in [0.4, 0.5) is 0 Å². The number of H-pyrrole nitrogens is 1. The number of nitrogens with zero attached hydrogens (tertiary/aromatic N) is 2. The molecule has 0 aliphatic heterocycles. The van der Waals surface area contributed by atoms with Crippen molar-refractivity contribution in [1.29, 1.82) is 0 Å². The van der Waals surface area contributed by atoms with E-state index < -0.39 is 5.97 Å². The van der Waals surface area contributed by atoms with Crippen molar-refractivity contribution in [2.75, 3.05) is 13.1 Å². The predicted molar refractivity (Wildman–Crippen MR) is 98.9 cm³/mol. The van der Waals surface area contributed by atoms with Crippen LogP contribution in [0.2, 0.25) is 0 Å². The molecule has 3 aromatic rings. The van der Waals surface area contributed by atoms with E-state index in [2.05, 4.69) is 9.97 Å². The summed E-state index contributed by atoms with van der Waals surface area (Å²) in [7, 11) is 0. The van der Waals surface area contributed by atoms with E-state index in [1.807, 2.05) is 43.3 Å². The SMILES string of the molecule is CCCN(CC(=O)O)Cc1nc2sc(-c3ccccc3)cc2c(=O)[nH]1. The lowest BCUT2D eigenvalue weighted by atomic mass is 10.2. The smallest absolute Gasteiger partial charge is 0.317 e. The molecule has 0 saturated carbocycles. The maximum absolute atomic E-state index is 12.4. The van der Waals surface area contributed by atoms with E-state index in [0.29, 0.717) is 29.1 Å². The van der Waals surface area contributed by atoms with Gasteiger partial charge in [0.05, 0.1) is 18.5 Å². The first kappa shape index (κ1) is 17.3. The summed E-state index contributed by atoms with van der Waals surface area (Å²) >= 11 is 1.47. The summed E-state index contributed by atoms with van der Waals surface area (Å²) in [6, 6.07) is 11.7. The van der Waals surface area contributed by atoms with Gasteiger partial charge in [-0.15, -0.1) is 11.3 Å². The first-order valence-electron chi connectivity index (χ1n) is 8.09. The zero-order chi connectivity index (χ0) is 17.8. The van der Waals surface area contributed by atoms with Crippen LogP contribution in [0.3, 0.4) is 0 Å². The number of aromatic nitrogens is 2. The van der Waals surface area contributed by atoms with Crippen molar-refractivity contribution in [1.82, 2.24) is 14.9 Å².